The number of benzene rings is 2. The van der Waals surface area contributed by atoms with E-state index in [4.69, 9.17) is 0 Å². The molecule has 26 heavy (non-hydrogen) atoms. The number of hydrogen-bond acceptors (Lipinski definition) is 2. The number of carbonyl (C=O) groups excluding carboxylic acids is 1. The number of carbonyl (C=O) groups is 1. The second kappa shape index (κ2) is 7.78. The molecule has 138 valence electrons. The van der Waals surface area contributed by atoms with Gasteiger partial charge in [-0.05, 0) is 43.3 Å². The number of amides is 1. The molecule has 2 aromatic rings. The minimum Gasteiger partial charge on any atom is -0.360 e. The third-order valence-electron chi connectivity index (χ3n) is 4.79. The fourth-order valence-electron chi connectivity index (χ4n) is 3.15. The Labute approximate surface area is 150 Å². The molecule has 0 bridgehead atoms. The second-order valence-corrected chi connectivity index (χ2v) is 6.46. The first-order valence-corrected chi connectivity index (χ1v) is 8.55. The standard InChI is InChI=1S/C19H20F3N3O/c1-13(19(26)23-15-4-7-17(21)18(22)12-15)24-8-10-25(11-9-24)16-5-2-14(20)3-6-16/h2-7,12-13H,8-11H2,1H3,(H,23,26)/p+1/t13-/m0/s1. The van der Waals surface area contributed by atoms with Crippen LogP contribution in [-0.2, 0) is 4.79 Å². The van der Waals surface area contributed by atoms with Gasteiger partial charge in [-0.2, -0.15) is 0 Å². The fraction of sp³-hybridized carbons (Fsp3) is 0.316. The normalized spacial score (nSPS) is 16.4. The molecule has 1 aliphatic heterocycles. The van der Waals surface area contributed by atoms with Crippen LogP contribution in [-0.4, -0.2) is 38.1 Å². The van der Waals surface area contributed by atoms with Crippen molar-refractivity contribution < 1.29 is 22.9 Å². The van der Waals surface area contributed by atoms with E-state index in [2.05, 4.69) is 10.2 Å². The number of halogens is 3. The van der Waals surface area contributed by atoms with Gasteiger partial charge in [0.2, 0.25) is 0 Å². The van der Waals surface area contributed by atoms with Gasteiger partial charge in [0, 0.05) is 17.4 Å². The summed E-state index contributed by atoms with van der Waals surface area (Å²) in [5, 5.41) is 2.63. The molecule has 1 amide bonds. The molecule has 1 fully saturated rings. The van der Waals surface area contributed by atoms with Crippen LogP contribution in [0.5, 0.6) is 0 Å². The molecule has 1 heterocycles. The lowest BCUT2D eigenvalue weighted by Gasteiger charge is -2.36. The first kappa shape index (κ1) is 18.3. The van der Waals surface area contributed by atoms with Crippen molar-refractivity contribution in [1.82, 2.24) is 0 Å². The first-order valence-electron chi connectivity index (χ1n) is 8.55. The molecule has 4 nitrogen and oxygen atoms in total. The van der Waals surface area contributed by atoms with E-state index in [1.54, 1.807) is 12.1 Å². The Kier molecular flexibility index (Phi) is 5.46. The summed E-state index contributed by atoms with van der Waals surface area (Å²) in [7, 11) is 0. The van der Waals surface area contributed by atoms with Crippen LogP contribution in [0.1, 0.15) is 6.92 Å². The van der Waals surface area contributed by atoms with Crippen molar-refractivity contribution in [3.05, 3.63) is 59.9 Å². The van der Waals surface area contributed by atoms with E-state index in [0.29, 0.717) is 0 Å². The molecule has 0 unspecified atom stereocenters. The van der Waals surface area contributed by atoms with Gasteiger partial charge in [0.05, 0.1) is 26.2 Å². The van der Waals surface area contributed by atoms with Gasteiger partial charge in [-0.25, -0.2) is 13.2 Å². The maximum Gasteiger partial charge on any atom is 0.282 e. The zero-order valence-corrected chi connectivity index (χ0v) is 14.4. The van der Waals surface area contributed by atoms with Crippen LogP contribution in [0, 0.1) is 17.5 Å². The summed E-state index contributed by atoms with van der Waals surface area (Å²) in [6, 6.07) is 9.35. The van der Waals surface area contributed by atoms with Gasteiger partial charge in [-0.3, -0.25) is 4.79 Å². The van der Waals surface area contributed by atoms with Crippen LogP contribution >= 0.6 is 0 Å². The van der Waals surface area contributed by atoms with Gasteiger partial charge in [-0.15, -0.1) is 0 Å². The van der Waals surface area contributed by atoms with Gasteiger partial charge < -0.3 is 15.1 Å². The number of quaternary nitrogens is 1. The lowest BCUT2D eigenvalue weighted by Crippen LogP contribution is -3.19. The molecule has 2 N–H and O–H groups in total. The summed E-state index contributed by atoms with van der Waals surface area (Å²) in [5.41, 5.74) is 1.20. The van der Waals surface area contributed by atoms with E-state index >= 15 is 0 Å². The molecule has 1 atom stereocenters. The summed E-state index contributed by atoms with van der Waals surface area (Å²) >= 11 is 0. The van der Waals surface area contributed by atoms with Crippen molar-refractivity contribution in [3.63, 3.8) is 0 Å². The van der Waals surface area contributed by atoms with E-state index in [-0.39, 0.29) is 23.5 Å². The van der Waals surface area contributed by atoms with E-state index in [9.17, 15) is 18.0 Å². The largest absolute Gasteiger partial charge is 0.360 e. The fourth-order valence-corrected chi connectivity index (χ4v) is 3.15. The summed E-state index contributed by atoms with van der Waals surface area (Å²) in [6.45, 7) is 4.83. The van der Waals surface area contributed by atoms with E-state index in [1.807, 2.05) is 6.92 Å². The lowest BCUT2D eigenvalue weighted by molar-refractivity contribution is -0.914. The monoisotopic (exact) mass is 364 g/mol. The van der Waals surface area contributed by atoms with Crippen molar-refractivity contribution in [2.45, 2.75) is 13.0 Å². The maximum atomic E-state index is 13.3. The summed E-state index contributed by atoms with van der Waals surface area (Å²) in [4.78, 5) is 15.7. The molecule has 0 aromatic heterocycles. The third kappa shape index (κ3) is 4.16. The first-order chi connectivity index (χ1) is 12.4. The highest BCUT2D eigenvalue weighted by molar-refractivity contribution is 5.93. The van der Waals surface area contributed by atoms with Crippen molar-refractivity contribution >= 4 is 17.3 Å². The maximum absolute atomic E-state index is 13.3. The highest BCUT2D eigenvalue weighted by atomic mass is 19.2. The molecule has 0 radical (unpaired) electrons. The molecule has 0 aliphatic carbocycles. The molecule has 2 aromatic carbocycles. The number of hydrogen-bond donors (Lipinski definition) is 2. The Morgan fingerprint density at radius 2 is 1.69 bits per heavy atom. The van der Waals surface area contributed by atoms with Crippen molar-refractivity contribution in [1.29, 1.82) is 0 Å². The summed E-state index contributed by atoms with van der Waals surface area (Å²) < 4.78 is 39.2. The van der Waals surface area contributed by atoms with Crippen LogP contribution in [0.2, 0.25) is 0 Å². The zero-order chi connectivity index (χ0) is 18.7. The highest BCUT2D eigenvalue weighted by Gasteiger charge is 2.29. The van der Waals surface area contributed by atoms with Crippen molar-refractivity contribution in [3.8, 4) is 0 Å². The van der Waals surface area contributed by atoms with Crippen molar-refractivity contribution in [2.24, 2.45) is 0 Å². The summed E-state index contributed by atoms with van der Waals surface area (Å²) in [5.74, 6) is -2.43. The van der Waals surface area contributed by atoms with E-state index < -0.39 is 11.6 Å². The van der Waals surface area contributed by atoms with Crippen LogP contribution in [0.4, 0.5) is 24.5 Å². The number of rotatable bonds is 4. The Balaban J connectivity index is 1.55. The van der Waals surface area contributed by atoms with Gasteiger partial charge in [-0.1, -0.05) is 0 Å². The Morgan fingerprint density at radius 1 is 1.04 bits per heavy atom. The zero-order valence-electron chi connectivity index (χ0n) is 14.4. The average Bonchev–Trinajstić information content (AvgIpc) is 2.65. The predicted molar refractivity (Wildman–Crippen MR) is 93.8 cm³/mol. The molecule has 1 aliphatic rings. The van der Waals surface area contributed by atoms with Crippen LogP contribution < -0.4 is 15.1 Å². The van der Waals surface area contributed by atoms with Gasteiger partial charge in [0.1, 0.15) is 5.82 Å². The Bertz CT molecular complexity index is 774. The molecular weight excluding hydrogens is 343 g/mol. The lowest BCUT2D eigenvalue weighted by atomic mass is 10.2. The van der Waals surface area contributed by atoms with E-state index in [0.717, 1.165) is 48.9 Å². The molecular formula is C19H21F3N3O+. The molecule has 0 saturated carbocycles. The minimum atomic E-state index is -0.990. The average molecular weight is 364 g/mol. The Morgan fingerprint density at radius 3 is 2.31 bits per heavy atom. The molecule has 3 rings (SSSR count). The van der Waals surface area contributed by atoms with Crippen LogP contribution in [0.3, 0.4) is 0 Å². The number of piperazine rings is 1. The smallest absolute Gasteiger partial charge is 0.282 e. The topological polar surface area (TPSA) is 36.8 Å². The molecule has 0 spiro atoms. The third-order valence-corrected chi connectivity index (χ3v) is 4.79. The van der Waals surface area contributed by atoms with Crippen LogP contribution in [0.15, 0.2) is 42.5 Å². The quantitative estimate of drug-likeness (QED) is 0.869. The van der Waals surface area contributed by atoms with Crippen molar-refractivity contribution in [2.75, 3.05) is 36.4 Å². The summed E-state index contributed by atoms with van der Waals surface area (Å²) in [6.07, 6.45) is 0. The Hall–Kier alpha value is -2.54. The minimum absolute atomic E-state index is 0.235. The van der Waals surface area contributed by atoms with Gasteiger partial charge in [0.25, 0.3) is 5.91 Å². The number of nitrogens with zero attached hydrogens (tertiary/aromatic N) is 1. The number of nitrogens with one attached hydrogen (secondary N) is 2. The van der Waals surface area contributed by atoms with Gasteiger partial charge in [0.15, 0.2) is 17.7 Å². The SMILES string of the molecule is C[C@@H](C(=O)Nc1ccc(F)c(F)c1)[NH+]1CCN(c2ccc(F)cc2)CC1. The highest BCUT2D eigenvalue weighted by Crippen LogP contribution is 2.15. The second-order valence-electron chi connectivity index (χ2n) is 6.46. The molecule has 1 saturated heterocycles. The number of anilines is 2. The van der Waals surface area contributed by atoms with Crippen LogP contribution in [0.25, 0.3) is 0 Å². The molecule has 7 heteroatoms. The van der Waals surface area contributed by atoms with Gasteiger partial charge >= 0.3 is 0 Å². The predicted octanol–water partition coefficient (Wildman–Crippen LogP) is 1.84. The van der Waals surface area contributed by atoms with E-state index in [1.165, 1.54) is 18.2 Å².